The molecule has 27 heavy (non-hydrogen) atoms. The lowest BCUT2D eigenvalue weighted by Gasteiger charge is -2.41. The fraction of sp³-hybridized carbons (Fsp3) is 0.667. The maximum atomic E-state index is 5.71. The minimum absolute atomic E-state index is 0.0619. The van der Waals surface area contributed by atoms with Crippen LogP contribution in [0, 0.1) is 0 Å². The summed E-state index contributed by atoms with van der Waals surface area (Å²) in [5.74, 6) is 1.79. The number of guanidine groups is 1. The third-order valence-corrected chi connectivity index (χ3v) is 4.86. The number of nitrogens with zero attached hydrogens (tertiary/aromatic N) is 2. The molecule has 6 heteroatoms. The van der Waals surface area contributed by atoms with Gasteiger partial charge in [0.2, 0.25) is 0 Å². The highest BCUT2D eigenvalue weighted by Crippen LogP contribution is 2.15. The van der Waals surface area contributed by atoms with Crippen molar-refractivity contribution in [3.63, 3.8) is 0 Å². The van der Waals surface area contributed by atoms with Crippen LogP contribution < -0.4 is 15.4 Å². The highest BCUT2D eigenvalue weighted by atomic mass is 16.5. The van der Waals surface area contributed by atoms with Crippen molar-refractivity contribution in [3.8, 4) is 5.75 Å². The van der Waals surface area contributed by atoms with Crippen LogP contribution in [0.3, 0.4) is 0 Å². The van der Waals surface area contributed by atoms with Crippen LogP contribution >= 0.6 is 0 Å². The molecule has 0 bridgehead atoms. The van der Waals surface area contributed by atoms with Crippen LogP contribution in [0.15, 0.2) is 29.3 Å². The predicted molar refractivity (Wildman–Crippen MR) is 112 cm³/mol. The zero-order valence-electron chi connectivity index (χ0n) is 17.4. The Kier molecular flexibility index (Phi) is 8.88. The molecule has 0 amide bonds. The molecular weight excluding hydrogens is 340 g/mol. The molecule has 1 heterocycles. The molecule has 1 aromatic carbocycles. The number of ether oxygens (including phenoxy) is 2. The standard InChI is InChI=1S/C21H36N4O2/c1-5-13-27-19-8-6-7-18(16-19)9-10-23-20(22-4)24-17-21(2,3)25-11-14-26-15-12-25/h6-8,16H,5,9-15,17H2,1-4H3,(H2,22,23,24). The predicted octanol–water partition coefficient (Wildman–Crippen LogP) is 2.29. The molecule has 1 aliphatic rings. The topological polar surface area (TPSA) is 58.1 Å². The fourth-order valence-corrected chi connectivity index (χ4v) is 3.14. The normalized spacial score (nSPS) is 16.2. The Hall–Kier alpha value is -1.79. The van der Waals surface area contributed by atoms with Gasteiger partial charge in [-0.1, -0.05) is 19.1 Å². The monoisotopic (exact) mass is 376 g/mol. The first-order valence-corrected chi connectivity index (χ1v) is 10.0. The molecule has 1 aromatic rings. The number of hydrogen-bond donors (Lipinski definition) is 2. The summed E-state index contributed by atoms with van der Waals surface area (Å²) in [5, 5.41) is 6.88. The van der Waals surface area contributed by atoms with Gasteiger partial charge in [-0.05, 0) is 44.4 Å². The van der Waals surface area contributed by atoms with E-state index in [9.17, 15) is 0 Å². The third-order valence-electron chi connectivity index (χ3n) is 4.86. The lowest BCUT2D eigenvalue weighted by molar-refractivity contribution is -0.00833. The van der Waals surface area contributed by atoms with Crippen molar-refractivity contribution in [2.45, 2.75) is 39.2 Å². The molecule has 152 valence electrons. The smallest absolute Gasteiger partial charge is 0.191 e. The van der Waals surface area contributed by atoms with Crippen LogP contribution in [0.4, 0.5) is 0 Å². The van der Waals surface area contributed by atoms with Gasteiger partial charge in [0.15, 0.2) is 5.96 Å². The number of benzene rings is 1. The maximum Gasteiger partial charge on any atom is 0.191 e. The molecule has 1 saturated heterocycles. The SMILES string of the molecule is CCCOc1cccc(CCNC(=NC)NCC(C)(C)N2CCOCC2)c1. The van der Waals surface area contributed by atoms with Gasteiger partial charge in [-0.3, -0.25) is 9.89 Å². The number of aliphatic imine (C=N–C) groups is 1. The number of hydrogen-bond acceptors (Lipinski definition) is 4. The third kappa shape index (κ3) is 7.39. The average molecular weight is 377 g/mol. The zero-order chi connectivity index (χ0) is 19.5. The molecule has 1 fully saturated rings. The van der Waals surface area contributed by atoms with E-state index in [1.54, 1.807) is 0 Å². The van der Waals surface area contributed by atoms with E-state index < -0.39 is 0 Å². The summed E-state index contributed by atoms with van der Waals surface area (Å²) in [6.45, 7) is 12.7. The molecule has 2 rings (SSSR count). The summed E-state index contributed by atoms with van der Waals surface area (Å²) in [5.41, 5.74) is 1.33. The summed E-state index contributed by atoms with van der Waals surface area (Å²) < 4.78 is 11.2. The van der Waals surface area contributed by atoms with Crippen LogP contribution in [0.2, 0.25) is 0 Å². The van der Waals surface area contributed by atoms with Crippen molar-refractivity contribution < 1.29 is 9.47 Å². The van der Waals surface area contributed by atoms with Crippen LogP contribution in [-0.2, 0) is 11.2 Å². The van der Waals surface area contributed by atoms with Crippen LogP contribution in [0.5, 0.6) is 5.75 Å². The second kappa shape index (κ2) is 11.1. The van der Waals surface area contributed by atoms with Gasteiger partial charge in [0.05, 0.1) is 19.8 Å². The summed E-state index contributed by atoms with van der Waals surface area (Å²) in [6, 6.07) is 8.33. The highest BCUT2D eigenvalue weighted by Gasteiger charge is 2.28. The van der Waals surface area contributed by atoms with E-state index in [-0.39, 0.29) is 5.54 Å². The molecule has 0 atom stereocenters. The molecular formula is C21H36N4O2. The Bertz CT molecular complexity index is 583. The molecule has 0 aromatic heterocycles. The molecule has 2 N–H and O–H groups in total. The highest BCUT2D eigenvalue weighted by molar-refractivity contribution is 5.79. The lowest BCUT2D eigenvalue weighted by atomic mass is 10.0. The van der Waals surface area contributed by atoms with Gasteiger partial charge in [0, 0.05) is 38.8 Å². The summed E-state index contributed by atoms with van der Waals surface area (Å²) in [4.78, 5) is 6.82. The van der Waals surface area contributed by atoms with Gasteiger partial charge in [-0.25, -0.2) is 0 Å². The zero-order valence-corrected chi connectivity index (χ0v) is 17.4. The Morgan fingerprint density at radius 1 is 1.26 bits per heavy atom. The van der Waals surface area contributed by atoms with Crippen molar-refractivity contribution in [3.05, 3.63) is 29.8 Å². The van der Waals surface area contributed by atoms with E-state index in [2.05, 4.69) is 59.5 Å². The molecule has 0 spiro atoms. The number of morpholine rings is 1. The first kappa shape index (κ1) is 21.5. The Balaban J connectivity index is 1.75. The Morgan fingerprint density at radius 3 is 2.74 bits per heavy atom. The number of nitrogens with one attached hydrogen (secondary N) is 2. The van der Waals surface area contributed by atoms with Gasteiger partial charge >= 0.3 is 0 Å². The minimum atomic E-state index is 0.0619. The van der Waals surface area contributed by atoms with Crippen LogP contribution in [0.25, 0.3) is 0 Å². The Morgan fingerprint density at radius 2 is 2.04 bits per heavy atom. The van der Waals surface area contributed by atoms with Crippen molar-refractivity contribution in [2.24, 2.45) is 4.99 Å². The minimum Gasteiger partial charge on any atom is -0.494 e. The summed E-state index contributed by atoms with van der Waals surface area (Å²) >= 11 is 0. The molecule has 0 radical (unpaired) electrons. The largest absolute Gasteiger partial charge is 0.494 e. The molecule has 0 aliphatic carbocycles. The maximum absolute atomic E-state index is 5.71. The van der Waals surface area contributed by atoms with E-state index >= 15 is 0 Å². The average Bonchev–Trinajstić information content (AvgIpc) is 2.70. The summed E-state index contributed by atoms with van der Waals surface area (Å²) in [6.07, 6.45) is 1.95. The van der Waals surface area contributed by atoms with E-state index in [1.165, 1.54) is 5.56 Å². The molecule has 0 unspecified atom stereocenters. The van der Waals surface area contributed by atoms with E-state index in [4.69, 9.17) is 9.47 Å². The quantitative estimate of drug-likeness (QED) is 0.512. The second-order valence-corrected chi connectivity index (χ2v) is 7.51. The summed E-state index contributed by atoms with van der Waals surface area (Å²) in [7, 11) is 1.82. The van der Waals surface area contributed by atoms with Crippen LogP contribution in [0.1, 0.15) is 32.8 Å². The van der Waals surface area contributed by atoms with Crippen molar-refractivity contribution in [1.29, 1.82) is 0 Å². The molecule has 1 aliphatic heterocycles. The van der Waals surface area contributed by atoms with E-state index in [1.807, 2.05) is 13.1 Å². The van der Waals surface area contributed by atoms with Gasteiger partial charge < -0.3 is 20.1 Å². The van der Waals surface area contributed by atoms with Crippen molar-refractivity contribution in [1.82, 2.24) is 15.5 Å². The first-order valence-electron chi connectivity index (χ1n) is 10.0. The van der Waals surface area contributed by atoms with Crippen molar-refractivity contribution in [2.75, 3.05) is 53.0 Å². The van der Waals surface area contributed by atoms with E-state index in [0.29, 0.717) is 0 Å². The van der Waals surface area contributed by atoms with Gasteiger partial charge in [0.25, 0.3) is 0 Å². The van der Waals surface area contributed by atoms with Gasteiger partial charge in [-0.15, -0.1) is 0 Å². The molecule has 6 nitrogen and oxygen atoms in total. The Labute approximate surface area is 164 Å². The van der Waals surface area contributed by atoms with Crippen LogP contribution in [-0.4, -0.2) is 69.4 Å². The van der Waals surface area contributed by atoms with E-state index in [0.717, 1.165) is 70.6 Å². The lowest BCUT2D eigenvalue weighted by Crippen LogP contribution is -2.56. The first-order chi connectivity index (χ1) is 13.0. The fourth-order valence-electron chi connectivity index (χ4n) is 3.14. The van der Waals surface area contributed by atoms with Gasteiger partial charge in [0.1, 0.15) is 5.75 Å². The van der Waals surface area contributed by atoms with Gasteiger partial charge in [-0.2, -0.15) is 0 Å². The number of rotatable bonds is 9. The van der Waals surface area contributed by atoms with Crippen molar-refractivity contribution >= 4 is 5.96 Å². The second-order valence-electron chi connectivity index (χ2n) is 7.51. The molecule has 0 saturated carbocycles.